The molecule has 72 valence electrons. The summed E-state index contributed by atoms with van der Waals surface area (Å²) in [6.45, 7) is 3.57. The van der Waals surface area contributed by atoms with Gasteiger partial charge in [0.2, 0.25) is 0 Å². The Labute approximate surface area is 85.8 Å². The summed E-state index contributed by atoms with van der Waals surface area (Å²) in [4.78, 5) is 13.4. The molecular formula is C10H10N2OS. The van der Waals surface area contributed by atoms with Gasteiger partial charge in [0.1, 0.15) is 5.69 Å². The van der Waals surface area contributed by atoms with Gasteiger partial charge in [-0.2, -0.15) is 5.10 Å². The van der Waals surface area contributed by atoms with Crippen LogP contribution in [0.5, 0.6) is 0 Å². The van der Waals surface area contributed by atoms with E-state index in [4.69, 9.17) is 0 Å². The van der Waals surface area contributed by atoms with Crippen LogP contribution in [0.4, 0.5) is 0 Å². The summed E-state index contributed by atoms with van der Waals surface area (Å²) in [7, 11) is 0. The molecule has 0 aromatic carbocycles. The molecule has 0 aliphatic carbocycles. The molecule has 0 unspecified atom stereocenters. The highest BCUT2D eigenvalue weighted by atomic mass is 32.1. The van der Waals surface area contributed by atoms with Gasteiger partial charge in [0.15, 0.2) is 5.78 Å². The Kier molecular flexibility index (Phi) is 2.21. The number of thiophene rings is 1. The lowest BCUT2D eigenvalue weighted by Crippen LogP contribution is -1.90. The number of aromatic amines is 1. The number of ketones is 1. The van der Waals surface area contributed by atoms with Gasteiger partial charge in [-0.05, 0) is 25.1 Å². The van der Waals surface area contributed by atoms with Gasteiger partial charge in [-0.3, -0.25) is 9.89 Å². The SMILES string of the molecule is CC(=O)c1cc(-c2ccc(C)s2)[nH]n1. The second-order valence-electron chi connectivity index (χ2n) is 3.13. The first kappa shape index (κ1) is 9.15. The predicted octanol–water partition coefficient (Wildman–Crippen LogP) is 2.65. The predicted molar refractivity (Wildman–Crippen MR) is 56.6 cm³/mol. The van der Waals surface area contributed by atoms with Crippen molar-refractivity contribution < 1.29 is 4.79 Å². The summed E-state index contributed by atoms with van der Waals surface area (Å²) in [5.41, 5.74) is 1.40. The Morgan fingerprint density at radius 1 is 1.50 bits per heavy atom. The Hall–Kier alpha value is -1.42. The number of carbonyl (C=O) groups is 1. The number of nitrogens with one attached hydrogen (secondary N) is 1. The minimum atomic E-state index is -0.0132. The highest BCUT2D eigenvalue weighted by Crippen LogP contribution is 2.26. The molecule has 0 fully saturated rings. The molecule has 0 saturated heterocycles. The first-order valence-electron chi connectivity index (χ1n) is 4.30. The minimum absolute atomic E-state index is 0.0132. The second kappa shape index (κ2) is 3.38. The maximum atomic E-state index is 11.0. The number of nitrogens with zero attached hydrogens (tertiary/aromatic N) is 1. The molecule has 2 heterocycles. The summed E-state index contributed by atoms with van der Waals surface area (Å²) >= 11 is 1.68. The van der Waals surface area contributed by atoms with E-state index in [1.807, 2.05) is 12.1 Å². The van der Waals surface area contributed by atoms with Gasteiger partial charge < -0.3 is 0 Å². The lowest BCUT2D eigenvalue weighted by atomic mass is 10.2. The van der Waals surface area contributed by atoms with E-state index in [0.29, 0.717) is 5.69 Å². The van der Waals surface area contributed by atoms with Gasteiger partial charge in [0, 0.05) is 11.8 Å². The van der Waals surface area contributed by atoms with Crippen LogP contribution in [0.25, 0.3) is 10.6 Å². The average molecular weight is 206 g/mol. The van der Waals surface area contributed by atoms with Crippen molar-refractivity contribution in [3.63, 3.8) is 0 Å². The molecule has 14 heavy (non-hydrogen) atoms. The van der Waals surface area contributed by atoms with Crippen molar-refractivity contribution in [2.24, 2.45) is 0 Å². The molecule has 1 N–H and O–H groups in total. The third-order valence-electron chi connectivity index (χ3n) is 1.94. The second-order valence-corrected chi connectivity index (χ2v) is 4.42. The van der Waals surface area contributed by atoms with Crippen molar-refractivity contribution in [2.45, 2.75) is 13.8 Å². The molecule has 0 aliphatic rings. The van der Waals surface area contributed by atoms with E-state index >= 15 is 0 Å². The topological polar surface area (TPSA) is 45.8 Å². The normalized spacial score (nSPS) is 10.4. The maximum absolute atomic E-state index is 11.0. The van der Waals surface area contributed by atoms with E-state index in [-0.39, 0.29) is 5.78 Å². The summed E-state index contributed by atoms with van der Waals surface area (Å²) in [6, 6.07) is 5.86. The maximum Gasteiger partial charge on any atom is 0.179 e. The van der Waals surface area contributed by atoms with E-state index in [0.717, 1.165) is 10.6 Å². The third-order valence-corrected chi connectivity index (χ3v) is 2.98. The number of hydrogen-bond donors (Lipinski definition) is 1. The first-order chi connectivity index (χ1) is 6.66. The largest absolute Gasteiger partial charge is 0.293 e. The third kappa shape index (κ3) is 1.61. The zero-order valence-electron chi connectivity index (χ0n) is 8.00. The van der Waals surface area contributed by atoms with Crippen molar-refractivity contribution in [3.8, 4) is 10.6 Å². The first-order valence-corrected chi connectivity index (χ1v) is 5.11. The van der Waals surface area contributed by atoms with Crippen LogP contribution in [0.1, 0.15) is 22.3 Å². The van der Waals surface area contributed by atoms with Crippen molar-refractivity contribution >= 4 is 17.1 Å². The fourth-order valence-electron chi connectivity index (χ4n) is 1.21. The quantitative estimate of drug-likeness (QED) is 0.768. The lowest BCUT2D eigenvalue weighted by Gasteiger charge is -1.86. The van der Waals surface area contributed by atoms with Gasteiger partial charge in [-0.15, -0.1) is 11.3 Å². The average Bonchev–Trinajstić information content (AvgIpc) is 2.70. The van der Waals surface area contributed by atoms with Crippen molar-refractivity contribution in [2.75, 3.05) is 0 Å². The Morgan fingerprint density at radius 2 is 2.29 bits per heavy atom. The molecule has 0 saturated carbocycles. The van der Waals surface area contributed by atoms with E-state index in [2.05, 4.69) is 17.1 Å². The Morgan fingerprint density at radius 3 is 2.79 bits per heavy atom. The molecule has 2 aromatic rings. The van der Waals surface area contributed by atoms with E-state index < -0.39 is 0 Å². The van der Waals surface area contributed by atoms with Crippen LogP contribution in [-0.4, -0.2) is 16.0 Å². The van der Waals surface area contributed by atoms with Crippen molar-refractivity contribution in [3.05, 3.63) is 28.8 Å². The summed E-state index contributed by atoms with van der Waals surface area (Å²) < 4.78 is 0. The van der Waals surface area contributed by atoms with Gasteiger partial charge >= 0.3 is 0 Å². The molecule has 2 aromatic heterocycles. The Bertz CT molecular complexity index is 470. The van der Waals surface area contributed by atoms with Crippen molar-refractivity contribution in [1.29, 1.82) is 0 Å². The molecule has 2 rings (SSSR count). The molecule has 0 spiro atoms. The molecule has 4 heteroatoms. The number of hydrogen-bond acceptors (Lipinski definition) is 3. The van der Waals surface area contributed by atoms with Gasteiger partial charge in [0.05, 0.1) is 10.6 Å². The number of Topliss-reactive ketones (excluding diaryl/α,β-unsaturated/α-hetero) is 1. The van der Waals surface area contributed by atoms with E-state index in [1.165, 1.54) is 11.8 Å². The fourth-order valence-corrected chi connectivity index (χ4v) is 2.04. The van der Waals surface area contributed by atoms with Crippen LogP contribution >= 0.6 is 11.3 Å². The lowest BCUT2D eigenvalue weighted by molar-refractivity contribution is 0.101. The number of rotatable bonds is 2. The number of aromatic nitrogens is 2. The van der Waals surface area contributed by atoms with E-state index in [1.54, 1.807) is 17.4 Å². The molecule has 0 bridgehead atoms. The fraction of sp³-hybridized carbons (Fsp3) is 0.200. The van der Waals surface area contributed by atoms with E-state index in [9.17, 15) is 4.79 Å². The van der Waals surface area contributed by atoms with Crippen LogP contribution in [0.3, 0.4) is 0 Å². The van der Waals surface area contributed by atoms with Crippen LogP contribution in [0, 0.1) is 6.92 Å². The Balaban J connectivity index is 2.38. The van der Waals surface area contributed by atoms with Crippen LogP contribution < -0.4 is 0 Å². The van der Waals surface area contributed by atoms with Crippen LogP contribution in [-0.2, 0) is 0 Å². The van der Waals surface area contributed by atoms with Crippen molar-refractivity contribution in [1.82, 2.24) is 10.2 Å². The number of H-pyrrole nitrogens is 1. The molecule has 0 amide bonds. The molecule has 3 nitrogen and oxygen atoms in total. The summed E-state index contributed by atoms with van der Waals surface area (Å²) in [6.07, 6.45) is 0. The molecule has 0 aliphatic heterocycles. The van der Waals surface area contributed by atoms with Crippen LogP contribution in [0.2, 0.25) is 0 Å². The smallest absolute Gasteiger partial charge is 0.179 e. The summed E-state index contributed by atoms with van der Waals surface area (Å²) in [5, 5.41) is 6.79. The van der Waals surface area contributed by atoms with Gasteiger partial charge in [-0.25, -0.2) is 0 Å². The highest BCUT2D eigenvalue weighted by Gasteiger charge is 2.07. The number of aryl methyl sites for hydroxylation is 1. The minimum Gasteiger partial charge on any atom is -0.293 e. The number of carbonyl (C=O) groups excluding carboxylic acids is 1. The zero-order chi connectivity index (χ0) is 10.1. The van der Waals surface area contributed by atoms with Gasteiger partial charge in [0.25, 0.3) is 0 Å². The monoisotopic (exact) mass is 206 g/mol. The summed E-state index contributed by atoms with van der Waals surface area (Å²) in [5.74, 6) is -0.0132. The van der Waals surface area contributed by atoms with Crippen LogP contribution in [0.15, 0.2) is 18.2 Å². The highest BCUT2D eigenvalue weighted by molar-refractivity contribution is 7.15. The zero-order valence-corrected chi connectivity index (χ0v) is 8.81. The molecular weight excluding hydrogens is 196 g/mol. The standard InChI is InChI=1S/C10H10N2OS/c1-6-3-4-10(14-6)9-5-8(7(2)13)11-12-9/h3-5H,1-2H3,(H,11,12). The molecule has 0 atom stereocenters. The van der Waals surface area contributed by atoms with Gasteiger partial charge in [-0.1, -0.05) is 0 Å². The molecule has 0 radical (unpaired) electrons.